The molecule has 3 aromatic rings. The average molecular weight is 341 g/mol. The van der Waals surface area contributed by atoms with Gasteiger partial charge in [0.25, 0.3) is 5.91 Å². The molecule has 1 aromatic heterocycles. The third-order valence-electron chi connectivity index (χ3n) is 3.30. The van der Waals surface area contributed by atoms with Crippen LogP contribution >= 0.6 is 11.3 Å². The average Bonchev–Trinajstić information content (AvgIpc) is 3.03. The van der Waals surface area contributed by atoms with E-state index < -0.39 is 0 Å². The van der Waals surface area contributed by atoms with Gasteiger partial charge in [-0.2, -0.15) is 0 Å². The summed E-state index contributed by atoms with van der Waals surface area (Å²) in [5.74, 6) is 0.0309. The Bertz CT molecular complexity index is 873. The number of hydrogen-bond acceptors (Lipinski definition) is 5. The number of anilines is 1. The van der Waals surface area contributed by atoms with Gasteiger partial charge in [-0.1, -0.05) is 18.2 Å². The Morgan fingerprint density at radius 3 is 2.62 bits per heavy atom. The summed E-state index contributed by atoms with van der Waals surface area (Å²) in [6.45, 7) is -0.0703. The van der Waals surface area contributed by atoms with Gasteiger partial charge < -0.3 is 14.8 Å². The summed E-state index contributed by atoms with van der Waals surface area (Å²) in [7, 11) is 1.35. The van der Waals surface area contributed by atoms with Gasteiger partial charge in [-0.15, -0.1) is 11.3 Å². The van der Waals surface area contributed by atoms with Crippen molar-refractivity contribution in [2.75, 3.05) is 19.0 Å². The van der Waals surface area contributed by atoms with Crippen LogP contribution in [-0.2, 0) is 9.53 Å². The van der Waals surface area contributed by atoms with Crippen LogP contribution in [0.4, 0.5) is 5.69 Å². The van der Waals surface area contributed by atoms with Crippen LogP contribution in [0, 0.1) is 0 Å². The predicted molar refractivity (Wildman–Crippen MR) is 93.7 cm³/mol. The third kappa shape index (κ3) is 3.72. The molecule has 0 spiro atoms. The van der Waals surface area contributed by atoms with Crippen LogP contribution in [-0.4, -0.2) is 25.6 Å². The third-order valence-corrected chi connectivity index (χ3v) is 4.40. The number of fused-ring (bicyclic) bond motifs is 1. The van der Waals surface area contributed by atoms with Crippen molar-refractivity contribution in [2.24, 2.45) is 0 Å². The van der Waals surface area contributed by atoms with E-state index in [4.69, 9.17) is 9.47 Å². The maximum Gasteiger partial charge on any atom is 0.348 e. The molecule has 3 rings (SSSR count). The summed E-state index contributed by atoms with van der Waals surface area (Å²) in [4.78, 5) is 24.1. The molecule has 0 bridgehead atoms. The number of nitrogens with one attached hydrogen (secondary N) is 1. The lowest BCUT2D eigenvalue weighted by molar-refractivity contribution is -0.118. The second kappa shape index (κ2) is 7.14. The number of amides is 1. The predicted octanol–water partition coefficient (Wildman–Crippen LogP) is 3.71. The highest BCUT2D eigenvalue weighted by atomic mass is 32.1. The minimum absolute atomic E-state index is 0.0703. The summed E-state index contributed by atoms with van der Waals surface area (Å²) < 4.78 is 11.1. The minimum atomic E-state index is -0.363. The van der Waals surface area contributed by atoms with Crippen molar-refractivity contribution in [2.45, 2.75) is 0 Å². The fraction of sp³-hybridized carbons (Fsp3) is 0.111. The molecule has 2 aromatic carbocycles. The van der Waals surface area contributed by atoms with E-state index in [1.54, 1.807) is 24.3 Å². The van der Waals surface area contributed by atoms with Gasteiger partial charge in [0.2, 0.25) is 0 Å². The maximum atomic E-state index is 12.0. The fourth-order valence-electron chi connectivity index (χ4n) is 2.18. The minimum Gasteiger partial charge on any atom is -0.484 e. The van der Waals surface area contributed by atoms with Crippen LogP contribution in [0.25, 0.3) is 10.1 Å². The molecule has 1 N–H and O–H groups in total. The maximum absolute atomic E-state index is 12.0. The Morgan fingerprint density at radius 1 is 1.08 bits per heavy atom. The first-order valence-electron chi connectivity index (χ1n) is 7.25. The van der Waals surface area contributed by atoms with Gasteiger partial charge in [-0.05, 0) is 41.8 Å². The first-order valence-corrected chi connectivity index (χ1v) is 8.07. The lowest BCUT2D eigenvalue weighted by Gasteiger charge is -2.07. The van der Waals surface area contributed by atoms with Crippen molar-refractivity contribution in [3.05, 3.63) is 59.5 Å². The van der Waals surface area contributed by atoms with E-state index in [1.165, 1.54) is 18.4 Å². The summed E-state index contributed by atoms with van der Waals surface area (Å²) in [5, 5.41) is 3.66. The highest BCUT2D eigenvalue weighted by Crippen LogP contribution is 2.28. The first kappa shape index (κ1) is 16.0. The van der Waals surface area contributed by atoms with Gasteiger partial charge in [0.1, 0.15) is 10.6 Å². The van der Waals surface area contributed by atoms with Gasteiger partial charge in [-0.25, -0.2) is 4.79 Å². The SMILES string of the molecule is COC(=O)c1cc2cc(NC(=O)COc3ccccc3)ccc2s1. The molecular weight excluding hydrogens is 326 g/mol. The van der Waals surface area contributed by atoms with Crippen molar-refractivity contribution < 1.29 is 19.1 Å². The highest BCUT2D eigenvalue weighted by molar-refractivity contribution is 7.20. The van der Waals surface area contributed by atoms with Gasteiger partial charge in [0.05, 0.1) is 7.11 Å². The van der Waals surface area contributed by atoms with Crippen molar-refractivity contribution in [1.29, 1.82) is 0 Å². The molecule has 122 valence electrons. The number of thiophene rings is 1. The Morgan fingerprint density at radius 2 is 1.88 bits per heavy atom. The number of methoxy groups -OCH3 is 1. The largest absolute Gasteiger partial charge is 0.484 e. The van der Waals surface area contributed by atoms with Crippen LogP contribution in [0.1, 0.15) is 9.67 Å². The molecule has 0 aliphatic heterocycles. The number of rotatable bonds is 5. The molecule has 0 radical (unpaired) electrons. The monoisotopic (exact) mass is 341 g/mol. The molecule has 0 fully saturated rings. The van der Waals surface area contributed by atoms with E-state index in [1.807, 2.05) is 30.3 Å². The number of carbonyl (C=O) groups excluding carboxylic acids is 2. The normalized spacial score (nSPS) is 10.4. The Kier molecular flexibility index (Phi) is 4.77. The Hall–Kier alpha value is -2.86. The van der Waals surface area contributed by atoms with Gasteiger partial charge in [-0.3, -0.25) is 4.79 Å². The molecule has 0 saturated heterocycles. The molecule has 0 saturated carbocycles. The Balaban J connectivity index is 1.66. The summed E-state index contributed by atoms with van der Waals surface area (Å²) in [5.41, 5.74) is 0.651. The second-order valence-electron chi connectivity index (χ2n) is 5.00. The summed E-state index contributed by atoms with van der Waals surface area (Å²) in [6, 6.07) is 16.4. The van der Waals surface area contributed by atoms with Crippen LogP contribution in [0.5, 0.6) is 5.75 Å². The lowest BCUT2D eigenvalue weighted by Crippen LogP contribution is -2.20. The van der Waals surface area contributed by atoms with E-state index in [-0.39, 0.29) is 18.5 Å². The van der Waals surface area contributed by atoms with Gasteiger partial charge in [0, 0.05) is 10.4 Å². The zero-order valence-corrected chi connectivity index (χ0v) is 13.8. The van der Waals surface area contributed by atoms with Gasteiger partial charge in [0.15, 0.2) is 6.61 Å². The zero-order valence-electron chi connectivity index (χ0n) is 12.9. The van der Waals surface area contributed by atoms with Crippen LogP contribution < -0.4 is 10.1 Å². The molecule has 1 amide bonds. The summed E-state index contributed by atoms with van der Waals surface area (Å²) in [6.07, 6.45) is 0. The number of para-hydroxylation sites is 1. The molecule has 0 aliphatic rings. The fourth-order valence-corrected chi connectivity index (χ4v) is 3.15. The van der Waals surface area contributed by atoms with Gasteiger partial charge >= 0.3 is 5.97 Å². The molecule has 0 aliphatic carbocycles. The number of esters is 1. The van der Waals surface area contributed by atoms with Crippen LogP contribution in [0.2, 0.25) is 0 Å². The number of benzene rings is 2. The smallest absolute Gasteiger partial charge is 0.348 e. The highest BCUT2D eigenvalue weighted by Gasteiger charge is 2.11. The van der Waals surface area contributed by atoms with Crippen LogP contribution in [0.15, 0.2) is 54.6 Å². The van der Waals surface area contributed by atoms with E-state index in [0.717, 1.165) is 10.1 Å². The summed E-state index contributed by atoms with van der Waals surface area (Å²) >= 11 is 1.35. The van der Waals surface area contributed by atoms with Crippen molar-refractivity contribution in [1.82, 2.24) is 0 Å². The van der Waals surface area contributed by atoms with Crippen molar-refractivity contribution in [3.8, 4) is 5.75 Å². The van der Waals surface area contributed by atoms with E-state index in [2.05, 4.69) is 5.32 Å². The van der Waals surface area contributed by atoms with E-state index in [9.17, 15) is 9.59 Å². The van der Waals surface area contributed by atoms with Crippen molar-refractivity contribution in [3.63, 3.8) is 0 Å². The number of carbonyl (C=O) groups is 2. The van der Waals surface area contributed by atoms with Crippen LogP contribution in [0.3, 0.4) is 0 Å². The standard InChI is InChI=1S/C18H15NO4S/c1-22-18(21)16-10-12-9-13(7-8-15(12)24-16)19-17(20)11-23-14-5-3-2-4-6-14/h2-10H,11H2,1H3,(H,19,20). The number of hydrogen-bond donors (Lipinski definition) is 1. The Labute approximate surface area is 142 Å². The topological polar surface area (TPSA) is 64.6 Å². The number of ether oxygens (including phenoxy) is 2. The molecule has 5 nitrogen and oxygen atoms in total. The molecular formula is C18H15NO4S. The first-order chi connectivity index (χ1) is 11.7. The zero-order chi connectivity index (χ0) is 16.9. The molecule has 0 atom stereocenters. The van der Waals surface area contributed by atoms with Crippen molar-refractivity contribution >= 4 is 39.0 Å². The van der Waals surface area contributed by atoms with E-state index >= 15 is 0 Å². The molecule has 0 unspecified atom stereocenters. The van der Waals surface area contributed by atoms with E-state index in [0.29, 0.717) is 16.3 Å². The lowest BCUT2D eigenvalue weighted by atomic mass is 10.2. The molecule has 6 heteroatoms. The molecule has 1 heterocycles. The molecule has 24 heavy (non-hydrogen) atoms. The quantitative estimate of drug-likeness (QED) is 0.719. The second-order valence-corrected chi connectivity index (χ2v) is 6.09.